The molecule has 1 aliphatic heterocycles. The van der Waals surface area contributed by atoms with E-state index in [-0.39, 0.29) is 35.3 Å². The van der Waals surface area contributed by atoms with E-state index in [1.165, 1.54) is 18.9 Å². The van der Waals surface area contributed by atoms with Crippen molar-refractivity contribution in [2.24, 2.45) is 0 Å². The topological polar surface area (TPSA) is 34.2 Å². The molecule has 0 unspecified atom stereocenters. The van der Waals surface area contributed by atoms with Crippen LogP contribution in [-0.4, -0.2) is 41.0 Å². The third-order valence-electron chi connectivity index (χ3n) is 3.95. The van der Waals surface area contributed by atoms with Crippen molar-refractivity contribution in [1.29, 1.82) is 0 Å². The second-order valence-electron chi connectivity index (χ2n) is 5.52. The highest BCUT2D eigenvalue weighted by Crippen LogP contribution is 2.23. The number of halogens is 2. The minimum Gasteiger partial charge on any atom is -1.00 e. The van der Waals surface area contributed by atoms with Gasteiger partial charge in [-0.3, -0.25) is 4.79 Å². The molecule has 1 fully saturated rings. The number of rotatable bonds is 4. The summed E-state index contributed by atoms with van der Waals surface area (Å²) >= 11 is 0. The van der Waals surface area contributed by atoms with Crippen molar-refractivity contribution in [2.75, 3.05) is 19.7 Å². The van der Waals surface area contributed by atoms with Crippen LogP contribution in [0.5, 0.6) is 0 Å². The van der Waals surface area contributed by atoms with E-state index in [1.807, 2.05) is 18.5 Å². The summed E-state index contributed by atoms with van der Waals surface area (Å²) < 4.78 is 23.2. The van der Waals surface area contributed by atoms with Gasteiger partial charge in [0.2, 0.25) is 0 Å². The van der Waals surface area contributed by atoms with E-state index < -0.39 is 0 Å². The van der Waals surface area contributed by atoms with Crippen molar-refractivity contribution in [3.63, 3.8) is 0 Å². The Hall–Kier alpha value is -1.69. The van der Waals surface area contributed by atoms with Gasteiger partial charge in [-0.05, 0) is 19.1 Å². The molecule has 1 saturated heterocycles. The molecular weight excluding hydrogens is 363 g/mol. The summed E-state index contributed by atoms with van der Waals surface area (Å²) in [6.07, 6.45) is 6.17. The molecule has 0 radical (unpaired) electrons. The van der Waals surface area contributed by atoms with Gasteiger partial charge in [0.05, 0.1) is 17.7 Å². The Labute approximate surface area is 145 Å². The van der Waals surface area contributed by atoms with Crippen LogP contribution in [0.1, 0.15) is 25.3 Å². The number of benzene rings is 1. The summed E-state index contributed by atoms with van der Waals surface area (Å²) in [5.41, 5.74) is 1.54. The van der Waals surface area contributed by atoms with Crippen LogP contribution in [-0.2, 0) is 16.1 Å². The Bertz CT molecular complexity index is 732. The normalized spacial score (nSPS) is 13.9. The van der Waals surface area contributed by atoms with Gasteiger partial charge >= 0.3 is 5.97 Å². The van der Waals surface area contributed by atoms with Crippen LogP contribution in [0.2, 0.25) is 0 Å². The summed E-state index contributed by atoms with van der Waals surface area (Å²) in [4.78, 5) is 11.7. The maximum Gasteiger partial charge on any atom is 0.325 e. The SMILES string of the molecule is CCOC(=O)Cn1cc(C=[N+]2CCCC2)c2c(F)cccc21.[Br-]. The second-order valence-corrected chi connectivity index (χ2v) is 5.52. The third-order valence-corrected chi connectivity index (χ3v) is 3.95. The smallest absolute Gasteiger partial charge is 0.325 e. The molecule has 6 heteroatoms. The predicted molar refractivity (Wildman–Crippen MR) is 82.9 cm³/mol. The van der Waals surface area contributed by atoms with Gasteiger partial charge in [-0.25, -0.2) is 8.97 Å². The molecule has 0 bridgehead atoms. The van der Waals surface area contributed by atoms with E-state index in [9.17, 15) is 9.18 Å². The van der Waals surface area contributed by atoms with Crippen LogP contribution in [0.3, 0.4) is 0 Å². The predicted octanol–water partition coefficient (Wildman–Crippen LogP) is -0.427. The second kappa shape index (κ2) is 7.73. The van der Waals surface area contributed by atoms with Crippen molar-refractivity contribution in [3.8, 4) is 0 Å². The highest BCUT2D eigenvalue weighted by Gasteiger charge is 2.18. The van der Waals surface area contributed by atoms with Crippen LogP contribution < -0.4 is 17.0 Å². The number of nitrogens with zero attached hydrogens (tertiary/aromatic N) is 2. The molecule has 2 heterocycles. The van der Waals surface area contributed by atoms with Crippen LogP contribution in [0, 0.1) is 5.82 Å². The van der Waals surface area contributed by atoms with E-state index >= 15 is 0 Å². The summed E-state index contributed by atoms with van der Waals surface area (Å²) in [6.45, 7) is 4.22. The first-order valence-corrected chi connectivity index (χ1v) is 7.71. The number of hydrogen-bond acceptors (Lipinski definition) is 2. The highest BCUT2D eigenvalue weighted by atomic mass is 79.9. The number of carbonyl (C=O) groups is 1. The largest absolute Gasteiger partial charge is 1.00 e. The fourth-order valence-corrected chi connectivity index (χ4v) is 2.98. The van der Waals surface area contributed by atoms with E-state index in [0.29, 0.717) is 12.0 Å². The Kier molecular flexibility index (Phi) is 5.93. The standard InChI is InChI=1S/C17H20FN2O2.BrH/c1-2-22-16(21)12-20-11-13(10-19-8-3-4-9-19)17-14(18)6-5-7-15(17)20;/h5-7,10-11H,2-4,8-9,12H2,1H3;1H/q+1;/p-1. The van der Waals surface area contributed by atoms with E-state index in [4.69, 9.17) is 4.74 Å². The van der Waals surface area contributed by atoms with Gasteiger partial charge in [0.1, 0.15) is 25.5 Å². The number of fused-ring (bicyclic) bond motifs is 1. The number of ether oxygens (including phenoxy) is 1. The van der Waals surface area contributed by atoms with Gasteiger partial charge in [0.25, 0.3) is 0 Å². The summed E-state index contributed by atoms with van der Waals surface area (Å²) in [7, 11) is 0. The summed E-state index contributed by atoms with van der Waals surface area (Å²) in [6, 6.07) is 4.95. The van der Waals surface area contributed by atoms with E-state index in [0.717, 1.165) is 24.2 Å². The molecule has 1 aliphatic rings. The zero-order valence-corrected chi connectivity index (χ0v) is 14.7. The summed E-state index contributed by atoms with van der Waals surface area (Å²) in [5, 5.41) is 0.568. The lowest BCUT2D eigenvalue weighted by Gasteiger charge is -2.04. The molecule has 2 aromatic rings. The van der Waals surface area contributed by atoms with Crippen molar-refractivity contribution >= 4 is 23.1 Å². The Morgan fingerprint density at radius 2 is 2.13 bits per heavy atom. The maximum atomic E-state index is 14.3. The van der Waals surface area contributed by atoms with Gasteiger partial charge in [-0.2, -0.15) is 0 Å². The van der Waals surface area contributed by atoms with Crippen molar-refractivity contribution in [2.45, 2.75) is 26.3 Å². The van der Waals surface area contributed by atoms with E-state index in [1.54, 1.807) is 17.6 Å². The minimum absolute atomic E-state index is 0. The Morgan fingerprint density at radius 3 is 2.83 bits per heavy atom. The third kappa shape index (κ3) is 3.80. The zero-order chi connectivity index (χ0) is 15.5. The molecule has 0 saturated carbocycles. The Balaban J connectivity index is 0.00000192. The molecule has 1 aromatic carbocycles. The molecule has 3 rings (SSSR count). The minimum atomic E-state index is -0.309. The zero-order valence-electron chi connectivity index (χ0n) is 13.1. The maximum absolute atomic E-state index is 14.3. The molecule has 4 nitrogen and oxygen atoms in total. The van der Waals surface area contributed by atoms with Crippen LogP contribution in [0.15, 0.2) is 24.4 Å². The first-order chi connectivity index (χ1) is 10.7. The lowest BCUT2D eigenvalue weighted by atomic mass is 10.2. The molecule has 0 aliphatic carbocycles. The van der Waals surface area contributed by atoms with Crippen LogP contribution in [0.25, 0.3) is 10.9 Å². The van der Waals surface area contributed by atoms with Gasteiger partial charge < -0.3 is 26.3 Å². The lowest BCUT2D eigenvalue weighted by molar-refractivity contribution is -0.500. The summed E-state index contributed by atoms with van der Waals surface area (Å²) in [5.74, 6) is -0.568. The molecular formula is C17H20BrFN2O2. The average Bonchev–Trinajstić information content (AvgIpc) is 3.09. The van der Waals surface area contributed by atoms with Gasteiger partial charge in [0, 0.05) is 24.4 Å². The van der Waals surface area contributed by atoms with Gasteiger partial charge in [-0.1, -0.05) is 6.07 Å². The van der Waals surface area contributed by atoms with Crippen LogP contribution >= 0.6 is 0 Å². The highest BCUT2D eigenvalue weighted by molar-refractivity contribution is 5.98. The average molecular weight is 383 g/mol. The van der Waals surface area contributed by atoms with Crippen molar-refractivity contribution in [3.05, 3.63) is 35.8 Å². The fourth-order valence-electron chi connectivity index (χ4n) is 2.98. The molecule has 0 N–H and O–H groups in total. The number of carbonyl (C=O) groups excluding carboxylic acids is 1. The number of hydrogen-bond donors (Lipinski definition) is 0. The lowest BCUT2D eigenvalue weighted by Crippen LogP contribution is -3.00. The Morgan fingerprint density at radius 1 is 1.39 bits per heavy atom. The molecule has 0 amide bonds. The van der Waals surface area contributed by atoms with Gasteiger partial charge in [0.15, 0.2) is 6.21 Å². The number of aromatic nitrogens is 1. The van der Waals surface area contributed by atoms with E-state index in [2.05, 4.69) is 4.58 Å². The van der Waals surface area contributed by atoms with Crippen molar-refractivity contribution in [1.82, 2.24) is 4.57 Å². The monoisotopic (exact) mass is 382 g/mol. The fraction of sp³-hybridized carbons (Fsp3) is 0.412. The first kappa shape index (κ1) is 17.7. The molecule has 0 atom stereocenters. The molecule has 124 valence electrons. The number of esters is 1. The van der Waals surface area contributed by atoms with Gasteiger partial charge in [-0.15, -0.1) is 0 Å². The van der Waals surface area contributed by atoms with Crippen LogP contribution in [0.4, 0.5) is 4.39 Å². The molecule has 23 heavy (non-hydrogen) atoms. The quantitative estimate of drug-likeness (QED) is 0.531. The molecule has 1 aromatic heterocycles. The first-order valence-electron chi connectivity index (χ1n) is 7.71. The van der Waals surface area contributed by atoms with Crippen molar-refractivity contribution < 1.29 is 35.5 Å². The molecule has 0 spiro atoms.